The van der Waals surface area contributed by atoms with Gasteiger partial charge < -0.3 is 10.6 Å². The van der Waals surface area contributed by atoms with Gasteiger partial charge in [0.2, 0.25) is 0 Å². The lowest BCUT2D eigenvalue weighted by Gasteiger charge is -2.34. The van der Waals surface area contributed by atoms with Gasteiger partial charge in [-0.1, -0.05) is 24.3 Å². The maximum atomic E-state index is 4.34. The van der Waals surface area contributed by atoms with Gasteiger partial charge in [0, 0.05) is 42.5 Å². The molecule has 0 spiro atoms. The van der Waals surface area contributed by atoms with Gasteiger partial charge in [-0.3, -0.25) is 9.89 Å². The highest BCUT2D eigenvalue weighted by atomic mass is 32.1. The summed E-state index contributed by atoms with van der Waals surface area (Å²) in [6, 6.07) is 13.6. The number of rotatable bonds is 5. The van der Waals surface area contributed by atoms with Gasteiger partial charge in [0.1, 0.15) is 0 Å². The summed E-state index contributed by atoms with van der Waals surface area (Å²) in [4.78, 5) is 9.57. The molecule has 134 valence electrons. The van der Waals surface area contributed by atoms with Crippen molar-refractivity contribution in [1.29, 1.82) is 0 Å². The number of aryl methyl sites for hydroxylation is 1. The van der Waals surface area contributed by atoms with E-state index in [0.717, 1.165) is 38.6 Å². The summed E-state index contributed by atoms with van der Waals surface area (Å²) in [5, 5.41) is 6.87. The van der Waals surface area contributed by atoms with Crippen molar-refractivity contribution < 1.29 is 0 Å². The summed E-state index contributed by atoms with van der Waals surface area (Å²) >= 11 is 1.83. The summed E-state index contributed by atoms with van der Waals surface area (Å²) in [7, 11) is 1.83. The quantitative estimate of drug-likeness (QED) is 0.638. The van der Waals surface area contributed by atoms with Crippen molar-refractivity contribution in [2.45, 2.75) is 39.4 Å². The molecule has 1 atom stereocenters. The molecule has 0 bridgehead atoms. The first-order valence-electron chi connectivity index (χ1n) is 8.96. The molecular formula is C20H28N4S. The van der Waals surface area contributed by atoms with Crippen molar-refractivity contribution in [3.05, 3.63) is 57.3 Å². The normalized spacial score (nSPS) is 16.4. The second-order valence-electron chi connectivity index (χ2n) is 6.66. The highest BCUT2D eigenvalue weighted by Crippen LogP contribution is 2.20. The Morgan fingerprint density at radius 3 is 2.72 bits per heavy atom. The van der Waals surface area contributed by atoms with Crippen LogP contribution in [0.3, 0.4) is 0 Å². The van der Waals surface area contributed by atoms with Crippen LogP contribution in [-0.2, 0) is 19.5 Å². The lowest BCUT2D eigenvalue weighted by atomic mass is 9.99. The lowest BCUT2D eigenvalue weighted by molar-refractivity contribution is 0.191. The van der Waals surface area contributed by atoms with E-state index in [1.54, 1.807) is 0 Å². The molecule has 1 aromatic carbocycles. The van der Waals surface area contributed by atoms with Crippen LogP contribution in [0.15, 0.2) is 41.4 Å². The van der Waals surface area contributed by atoms with E-state index in [1.165, 1.54) is 20.9 Å². The van der Waals surface area contributed by atoms with E-state index >= 15 is 0 Å². The Hall–Kier alpha value is -1.85. The molecule has 0 aliphatic carbocycles. The number of nitrogens with one attached hydrogen (secondary N) is 2. The molecule has 25 heavy (non-hydrogen) atoms. The Balaban J connectivity index is 1.47. The summed E-state index contributed by atoms with van der Waals surface area (Å²) < 4.78 is 0. The van der Waals surface area contributed by atoms with Gasteiger partial charge >= 0.3 is 0 Å². The number of hydrogen-bond donors (Lipinski definition) is 2. The van der Waals surface area contributed by atoms with E-state index in [0.29, 0.717) is 6.04 Å². The van der Waals surface area contributed by atoms with Gasteiger partial charge in [-0.15, -0.1) is 11.3 Å². The van der Waals surface area contributed by atoms with Gasteiger partial charge in [-0.25, -0.2) is 0 Å². The standard InChI is InChI=1S/C20H28N4S/c1-15(24-11-10-17-6-4-5-7-18(17)14-24)12-22-20(21-3)23-13-19-9-8-16(2)25-19/h4-9,15H,10-14H2,1-3H3,(H2,21,22,23). The molecule has 1 aliphatic rings. The zero-order chi connectivity index (χ0) is 17.6. The Kier molecular flexibility index (Phi) is 6.10. The largest absolute Gasteiger partial charge is 0.355 e. The van der Waals surface area contributed by atoms with Crippen LogP contribution >= 0.6 is 11.3 Å². The minimum Gasteiger partial charge on any atom is -0.355 e. The third kappa shape index (κ3) is 4.83. The number of benzene rings is 1. The van der Waals surface area contributed by atoms with E-state index < -0.39 is 0 Å². The van der Waals surface area contributed by atoms with Crippen LogP contribution in [0.5, 0.6) is 0 Å². The average Bonchev–Trinajstić information content (AvgIpc) is 3.06. The van der Waals surface area contributed by atoms with E-state index in [-0.39, 0.29) is 0 Å². The first-order valence-corrected chi connectivity index (χ1v) is 9.78. The third-order valence-corrected chi connectivity index (χ3v) is 5.80. The summed E-state index contributed by atoms with van der Waals surface area (Å²) in [5.41, 5.74) is 2.97. The topological polar surface area (TPSA) is 39.7 Å². The predicted molar refractivity (Wildman–Crippen MR) is 107 cm³/mol. The maximum absolute atomic E-state index is 4.34. The second kappa shape index (κ2) is 8.50. The van der Waals surface area contributed by atoms with Crippen LogP contribution in [0.2, 0.25) is 0 Å². The zero-order valence-corrected chi connectivity index (χ0v) is 16.2. The fraction of sp³-hybridized carbons (Fsp3) is 0.450. The van der Waals surface area contributed by atoms with Crippen LogP contribution in [-0.4, -0.2) is 37.0 Å². The molecule has 0 fully saturated rings. The van der Waals surface area contributed by atoms with Gasteiger partial charge in [-0.05, 0) is 43.5 Å². The maximum Gasteiger partial charge on any atom is 0.191 e. The molecule has 0 saturated carbocycles. The molecule has 2 heterocycles. The fourth-order valence-electron chi connectivity index (χ4n) is 3.24. The van der Waals surface area contributed by atoms with Crippen LogP contribution < -0.4 is 10.6 Å². The van der Waals surface area contributed by atoms with Crippen LogP contribution in [0.25, 0.3) is 0 Å². The van der Waals surface area contributed by atoms with Gasteiger partial charge in [0.15, 0.2) is 5.96 Å². The van der Waals surface area contributed by atoms with Crippen molar-refractivity contribution >= 4 is 17.3 Å². The van der Waals surface area contributed by atoms with Crippen LogP contribution in [0, 0.1) is 6.92 Å². The number of aliphatic imine (C=N–C) groups is 1. The molecule has 2 N–H and O–H groups in total. The van der Waals surface area contributed by atoms with Crippen molar-refractivity contribution in [1.82, 2.24) is 15.5 Å². The molecule has 0 amide bonds. The van der Waals surface area contributed by atoms with Crippen molar-refractivity contribution in [3.8, 4) is 0 Å². The van der Waals surface area contributed by atoms with Gasteiger partial charge in [0.05, 0.1) is 6.54 Å². The highest BCUT2D eigenvalue weighted by molar-refractivity contribution is 7.11. The second-order valence-corrected chi connectivity index (χ2v) is 8.03. The Morgan fingerprint density at radius 2 is 2.00 bits per heavy atom. The molecule has 5 heteroatoms. The zero-order valence-electron chi connectivity index (χ0n) is 15.4. The number of guanidine groups is 1. The lowest BCUT2D eigenvalue weighted by Crippen LogP contribution is -2.47. The molecule has 0 radical (unpaired) electrons. The first-order chi connectivity index (χ1) is 12.2. The van der Waals surface area contributed by atoms with E-state index in [9.17, 15) is 0 Å². The minimum atomic E-state index is 0.468. The summed E-state index contributed by atoms with van der Waals surface area (Å²) in [6.07, 6.45) is 1.14. The smallest absolute Gasteiger partial charge is 0.191 e. The number of nitrogens with zero attached hydrogens (tertiary/aromatic N) is 2. The molecule has 3 rings (SSSR count). The molecule has 1 aliphatic heterocycles. The summed E-state index contributed by atoms with van der Waals surface area (Å²) in [5.74, 6) is 0.871. The van der Waals surface area contributed by atoms with E-state index in [4.69, 9.17) is 0 Å². The van der Waals surface area contributed by atoms with Gasteiger partial charge in [0.25, 0.3) is 0 Å². The van der Waals surface area contributed by atoms with Crippen molar-refractivity contribution in [2.24, 2.45) is 4.99 Å². The molecule has 1 aromatic heterocycles. The molecular weight excluding hydrogens is 328 g/mol. The van der Waals surface area contributed by atoms with Crippen molar-refractivity contribution in [2.75, 3.05) is 20.1 Å². The molecule has 2 aromatic rings. The average molecular weight is 357 g/mol. The van der Waals surface area contributed by atoms with Crippen LogP contribution in [0.4, 0.5) is 0 Å². The molecule has 4 nitrogen and oxygen atoms in total. The SMILES string of the molecule is CN=C(NCc1ccc(C)s1)NCC(C)N1CCc2ccccc2C1. The molecule has 1 unspecified atom stereocenters. The van der Waals surface area contributed by atoms with Gasteiger partial charge in [-0.2, -0.15) is 0 Å². The Bertz CT molecular complexity index is 722. The Morgan fingerprint density at radius 1 is 1.20 bits per heavy atom. The minimum absolute atomic E-state index is 0.468. The fourth-order valence-corrected chi connectivity index (χ4v) is 4.07. The van der Waals surface area contributed by atoms with E-state index in [1.807, 2.05) is 18.4 Å². The Labute approximate surface area is 155 Å². The van der Waals surface area contributed by atoms with Crippen LogP contribution in [0.1, 0.15) is 27.8 Å². The number of thiophene rings is 1. The number of fused-ring (bicyclic) bond motifs is 1. The first kappa shape index (κ1) is 18.0. The third-order valence-electron chi connectivity index (χ3n) is 4.80. The monoisotopic (exact) mass is 356 g/mol. The predicted octanol–water partition coefficient (Wildman–Crippen LogP) is 3.17. The van der Waals surface area contributed by atoms with Crippen molar-refractivity contribution in [3.63, 3.8) is 0 Å². The highest BCUT2D eigenvalue weighted by Gasteiger charge is 2.20. The summed E-state index contributed by atoms with van der Waals surface area (Å²) in [6.45, 7) is 8.31. The number of hydrogen-bond acceptors (Lipinski definition) is 3. The van der Waals surface area contributed by atoms with E-state index in [2.05, 4.69) is 70.8 Å². The molecule has 0 saturated heterocycles.